The van der Waals surface area contributed by atoms with Gasteiger partial charge in [-0.25, -0.2) is 4.99 Å². The number of aromatic nitrogens is 3. The minimum atomic E-state index is -0.157. The lowest BCUT2D eigenvalue weighted by atomic mass is 10.6. The molecule has 0 aliphatic rings. The molecule has 0 atom stereocenters. The molecule has 0 bridgehead atoms. The molecule has 5 N–H and O–H groups in total. The van der Waals surface area contributed by atoms with Crippen LogP contribution in [0.25, 0.3) is 0 Å². The number of anilines is 2. The van der Waals surface area contributed by atoms with Gasteiger partial charge in [0.15, 0.2) is 0 Å². The first-order chi connectivity index (χ1) is 6.15. The van der Waals surface area contributed by atoms with Gasteiger partial charge in [-0.2, -0.15) is 9.97 Å². The van der Waals surface area contributed by atoms with Crippen LogP contribution in [0.1, 0.15) is 0 Å². The molecule has 0 radical (unpaired) electrons. The maximum absolute atomic E-state index is 9.04. The molecular weight excluding hydrogens is 172 g/mol. The van der Waals surface area contributed by atoms with Crippen molar-refractivity contribution in [3.8, 4) is 0 Å². The molecule has 1 aromatic rings. The zero-order chi connectivity index (χ0) is 9.84. The predicted molar refractivity (Wildman–Crippen MR) is 46.7 cm³/mol. The Bertz CT molecular complexity index is 355. The first-order valence-corrected chi connectivity index (χ1v) is 3.48. The van der Waals surface area contributed by atoms with Gasteiger partial charge < -0.3 is 16.7 Å². The molecule has 70 valence electrons. The molecule has 0 aliphatic carbocycles. The predicted octanol–water partition coefficient (Wildman–Crippen LogP) is -1.23. The SMILES string of the molecule is C=CCN=c1nc(N)n(O)c(N)n1. The van der Waals surface area contributed by atoms with E-state index in [0.717, 1.165) is 0 Å². The Labute approximate surface area is 74.0 Å². The number of nitrogen functional groups attached to an aromatic ring is 2. The first-order valence-electron chi connectivity index (χ1n) is 3.48. The first kappa shape index (κ1) is 9.04. The second kappa shape index (κ2) is 3.57. The van der Waals surface area contributed by atoms with E-state index < -0.39 is 0 Å². The van der Waals surface area contributed by atoms with Crippen LogP contribution in [0.2, 0.25) is 0 Å². The molecule has 1 aromatic heterocycles. The molecule has 0 aromatic carbocycles. The van der Waals surface area contributed by atoms with Crippen LogP contribution >= 0.6 is 0 Å². The van der Waals surface area contributed by atoms with Crippen molar-refractivity contribution in [3.05, 3.63) is 18.3 Å². The van der Waals surface area contributed by atoms with Gasteiger partial charge in [-0.15, -0.1) is 11.3 Å². The minimum Gasteiger partial charge on any atom is -0.422 e. The summed E-state index contributed by atoms with van der Waals surface area (Å²) in [5, 5.41) is 9.04. The molecule has 1 heterocycles. The lowest BCUT2D eigenvalue weighted by Gasteiger charge is -2.01. The van der Waals surface area contributed by atoms with Crippen LogP contribution in [0.15, 0.2) is 17.6 Å². The lowest BCUT2D eigenvalue weighted by molar-refractivity contribution is 0.190. The normalized spacial score (nSPS) is 9.54. The number of rotatable bonds is 2. The zero-order valence-corrected chi connectivity index (χ0v) is 6.88. The second-order valence-electron chi connectivity index (χ2n) is 2.18. The summed E-state index contributed by atoms with van der Waals surface area (Å²) in [7, 11) is 0. The summed E-state index contributed by atoms with van der Waals surface area (Å²) < 4.78 is 0.479. The Morgan fingerprint density at radius 1 is 1.46 bits per heavy atom. The Balaban J connectivity index is 3.20. The smallest absolute Gasteiger partial charge is 0.251 e. The number of nitrogens with two attached hydrogens (primary N) is 2. The molecule has 7 nitrogen and oxygen atoms in total. The Morgan fingerprint density at radius 2 is 2.00 bits per heavy atom. The van der Waals surface area contributed by atoms with Crippen molar-refractivity contribution in [2.45, 2.75) is 0 Å². The summed E-state index contributed by atoms with van der Waals surface area (Å²) in [5.74, 6) is -0.314. The molecular formula is C6H10N6O. The summed E-state index contributed by atoms with van der Waals surface area (Å²) in [6, 6.07) is 0. The van der Waals surface area contributed by atoms with Gasteiger partial charge in [-0.05, 0) is 0 Å². The van der Waals surface area contributed by atoms with Gasteiger partial charge in [0.1, 0.15) is 0 Å². The average Bonchev–Trinajstić information content (AvgIpc) is 2.10. The highest BCUT2D eigenvalue weighted by atomic mass is 16.5. The third kappa shape index (κ3) is 1.95. The van der Waals surface area contributed by atoms with Crippen LogP contribution in [0.5, 0.6) is 0 Å². The highest BCUT2D eigenvalue weighted by molar-refractivity contribution is 5.25. The van der Waals surface area contributed by atoms with Crippen LogP contribution in [0.3, 0.4) is 0 Å². The second-order valence-corrected chi connectivity index (χ2v) is 2.18. The van der Waals surface area contributed by atoms with E-state index in [0.29, 0.717) is 11.3 Å². The van der Waals surface area contributed by atoms with Crippen molar-refractivity contribution < 1.29 is 5.21 Å². The molecule has 0 fully saturated rings. The van der Waals surface area contributed by atoms with Gasteiger partial charge >= 0.3 is 0 Å². The van der Waals surface area contributed by atoms with E-state index >= 15 is 0 Å². The molecule has 13 heavy (non-hydrogen) atoms. The number of nitrogens with zero attached hydrogens (tertiary/aromatic N) is 4. The molecule has 0 amide bonds. The topological polar surface area (TPSA) is 115 Å². The van der Waals surface area contributed by atoms with Gasteiger partial charge in [0.05, 0.1) is 6.54 Å². The van der Waals surface area contributed by atoms with Crippen LogP contribution < -0.4 is 17.1 Å². The van der Waals surface area contributed by atoms with E-state index in [-0.39, 0.29) is 17.5 Å². The van der Waals surface area contributed by atoms with Gasteiger partial charge in [0.2, 0.25) is 11.9 Å². The van der Waals surface area contributed by atoms with Crippen molar-refractivity contribution in [1.82, 2.24) is 14.7 Å². The fraction of sp³-hybridized carbons (Fsp3) is 0.167. The van der Waals surface area contributed by atoms with Crippen LogP contribution in [0.4, 0.5) is 11.9 Å². The molecule has 0 spiro atoms. The number of hydrogen-bond donors (Lipinski definition) is 3. The molecule has 1 rings (SSSR count). The van der Waals surface area contributed by atoms with E-state index in [9.17, 15) is 0 Å². The van der Waals surface area contributed by atoms with Crippen LogP contribution in [0, 0.1) is 0 Å². The van der Waals surface area contributed by atoms with Crippen molar-refractivity contribution in [1.29, 1.82) is 0 Å². The lowest BCUT2D eigenvalue weighted by Crippen LogP contribution is -2.23. The largest absolute Gasteiger partial charge is 0.422 e. The Hall–Kier alpha value is -2.05. The highest BCUT2D eigenvalue weighted by Gasteiger charge is 2.00. The summed E-state index contributed by atoms with van der Waals surface area (Å²) in [6.07, 6.45) is 1.58. The number of hydrogen-bond acceptors (Lipinski definition) is 6. The molecule has 0 saturated heterocycles. The molecule has 0 saturated carbocycles. The summed E-state index contributed by atoms with van der Waals surface area (Å²) >= 11 is 0. The Kier molecular flexibility index (Phi) is 2.48. The monoisotopic (exact) mass is 182 g/mol. The van der Waals surface area contributed by atoms with E-state index in [1.165, 1.54) is 0 Å². The minimum absolute atomic E-state index is 0.125. The fourth-order valence-electron chi connectivity index (χ4n) is 0.659. The van der Waals surface area contributed by atoms with Crippen LogP contribution in [-0.2, 0) is 0 Å². The van der Waals surface area contributed by atoms with Gasteiger partial charge in [0, 0.05) is 0 Å². The van der Waals surface area contributed by atoms with Gasteiger partial charge in [-0.3, -0.25) is 0 Å². The highest BCUT2D eigenvalue weighted by Crippen LogP contribution is 1.94. The maximum atomic E-state index is 9.04. The van der Waals surface area contributed by atoms with Gasteiger partial charge in [0.25, 0.3) is 5.62 Å². The third-order valence-corrected chi connectivity index (χ3v) is 1.22. The van der Waals surface area contributed by atoms with Crippen molar-refractivity contribution in [3.63, 3.8) is 0 Å². The standard InChI is InChI=1S/C6H10N6O/c1-2-3-9-6-10-4(7)12(13)5(8)11-6/h2,13H,1,3H2,(H4,7,8,9,10,11). The van der Waals surface area contributed by atoms with E-state index in [4.69, 9.17) is 16.7 Å². The van der Waals surface area contributed by atoms with Crippen molar-refractivity contribution >= 4 is 11.9 Å². The summed E-state index contributed by atoms with van der Waals surface area (Å²) in [6.45, 7) is 3.84. The maximum Gasteiger partial charge on any atom is 0.251 e. The molecule has 0 unspecified atom stereocenters. The third-order valence-electron chi connectivity index (χ3n) is 1.22. The van der Waals surface area contributed by atoms with Crippen molar-refractivity contribution in [2.24, 2.45) is 4.99 Å². The van der Waals surface area contributed by atoms with E-state index in [1.54, 1.807) is 6.08 Å². The van der Waals surface area contributed by atoms with E-state index in [2.05, 4.69) is 21.5 Å². The molecule has 0 aliphatic heterocycles. The average molecular weight is 182 g/mol. The van der Waals surface area contributed by atoms with Crippen molar-refractivity contribution in [2.75, 3.05) is 18.0 Å². The van der Waals surface area contributed by atoms with E-state index in [1.807, 2.05) is 0 Å². The van der Waals surface area contributed by atoms with Gasteiger partial charge in [-0.1, -0.05) is 6.08 Å². The Morgan fingerprint density at radius 3 is 2.46 bits per heavy atom. The molecule has 7 heteroatoms. The summed E-state index contributed by atoms with van der Waals surface area (Å²) in [4.78, 5) is 11.2. The van der Waals surface area contributed by atoms with Crippen LogP contribution in [-0.4, -0.2) is 26.5 Å². The fourth-order valence-corrected chi connectivity index (χ4v) is 0.659. The summed E-state index contributed by atoms with van der Waals surface area (Å²) in [5.41, 5.74) is 10.7. The quantitative estimate of drug-likeness (QED) is 0.391. The zero-order valence-electron chi connectivity index (χ0n) is 6.88.